The van der Waals surface area contributed by atoms with Gasteiger partial charge in [0.15, 0.2) is 35.7 Å². The first-order valence-electron chi connectivity index (χ1n) is 3.17. The van der Waals surface area contributed by atoms with E-state index >= 15 is 0 Å². The van der Waals surface area contributed by atoms with Crippen LogP contribution in [0.15, 0.2) is 0 Å². The zero-order chi connectivity index (χ0) is 15.0. The fourth-order valence-corrected chi connectivity index (χ4v) is 0.406. The number of hydrogen-bond acceptors (Lipinski definition) is 6. The second-order valence-corrected chi connectivity index (χ2v) is 3.32. The van der Waals surface area contributed by atoms with Gasteiger partial charge in [-0.25, -0.2) is 0 Å². The van der Waals surface area contributed by atoms with Gasteiger partial charge in [0.1, 0.15) is 0 Å². The Balaban J connectivity index is -0.0000000865. The molecular weight excluding hydrogens is 336 g/mol. The Hall–Kier alpha value is -1.21. The van der Waals surface area contributed by atoms with Crippen molar-refractivity contribution >= 4 is 42.1 Å². The molecule has 0 aromatic rings. The van der Waals surface area contributed by atoms with Gasteiger partial charge in [-0.15, -0.1) is 14.7 Å². The molecule has 0 saturated carbocycles. The fraction of sp³-hybridized carbons (Fsp3) is 0. The lowest BCUT2D eigenvalue weighted by Gasteiger charge is -1.58. The minimum absolute atomic E-state index is 0. The lowest BCUT2D eigenvalue weighted by Crippen LogP contribution is -1.57. The van der Waals surface area contributed by atoms with Crippen LogP contribution in [0, 0.1) is 37.6 Å². The van der Waals surface area contributed by atoms with E-state index in [9.17, 15) is 13.7 Å². The summed E-state index contributed by atoms with van der Waals surface area (Å²) in [5, 5.41) is 0. The molecule has 0 aliphatic rings. The van der Waals surface area contributed by atoms with Crippen LogP contribution in [-0.2, 0) is 27.3 Å². The van der Waals surface area contributed by atoms with E-state index in [4.69, 9.17) is 14.7 Å². The smallest absolute Gasteiger partial charge is 0.173 e. The molecular formula is C6H9AlO9P3+3. The number of hydrogen-bond donors (Lipinski definition) is 3. The van der Waals surface area contributed by atoms with Crippen molar-refractivity contribution in [1.29, 1.82) is 0 Å². The Bertz CT molecular complexity index is 342. The lowest BCUT2D eigenvalue weighted by molar-refractivity contribution is 0.392. The van der Waals surface area contributed by atoms with E-state index < -0.39 is 24.8 Å². The molecule has 0 rings (SSSR count). The molecule has 0 saturated heterocycles. The van der Waals surface area contributed by atoms with Crippen LogP contribution in [0.5, 0.6) is 0 Å². The van der Waals surface area contributed by atoms with Crippen molar-refractivity contribution in [3.05, 3.63) is 0 Å². The molecule has 0 spiro atoms. The third-order valence-electron chi connectivity index (χ3n) is 0.392. The van der Waals surface area contributed by atoms with Crippen LogP contribution < -0.4 is 0 Å². The molecule has 0 aliphatic heterocycles. The van der Waals surface area contributed by atoms with Gasteiger partial charge in [0.05, 0.1) is 0 Å². The van der Waals surface area contributed by atoms with Gasteiger partial charge in [-0.05, 0) is 0 Å². The zero-order valence-electron chi connectivity index (χ0n) is 8.36. The van der Waals surface area contributed by atoms with E-state index in [-0.39, 0.29) is 17.4 Å². The maximum atomic E-state index is 9.38. The molecule has 102 valence electrons. The molecule has 0 aromatic carbocycles. The van der Waals surface area contributed by atoms with Gasteiger partial charge in [0.25, 0.3) is 0 Å². The van der Waals surface area contributed by atoms with E-state index in [1.165, 1.54) is 18.3 Å². The van der Waals surface area contributed by atoms with Gasteiger partial charge in [0.2, 0.25) is 0 Å². The highest BCUT2D eigenvalue weighted by Crippen LogP contribution is 2.12. The van der Waals surface area contributed by atoms with Crippen LogP contribution in [0.25, 0.3) is 0 Å². The average molecular weight is 345 g/mol. The van der Waals surface area contributed by atoms with E-state index in [1.807, 2.05) is 0 Å². The van der Waals surface area contributed by atoms with Crippen LogP contribution >= 0.6 is 24.8 Å². The van der Waals surface area contributed by atoms with Crippen molar-refractivity contribution in [1.82, 2.24) is 0 Å². The van der Waals surface area contributed by atoms with E-state index in [2.05, 4.69) is 32.8 Å². The standard InChI is InChI=1S/3C2HO3P.Al.3H/c3*1-2-5-6(3)4;;;;/h3*1H;;;;/p+3. The molecule has 0 amide bonds. The summed E-state index contributed by atoms with van der Waals surface area (Å²) in [5.74, 6) is 0. The topological polar surface area (TPSA) is 140 Å². The summed E-state index contributed by atoms with van der Waals surface area (Å²) in [6.45, 7) is 0. The van der Waals surface area contributed by atoms with Crippen molar-refractivity contribution in [2.45, 2.75) is 0 Å². The summed E-state index contributed by atoms with van der Waals surface area (Å²) in [4.78, 5) is 23.1. The molecule has 0 aliphatic carbocycles. The quantitative estimate of drug-likeness (QED) is 0.352. The number of terminal acetylenes is 3. The minimum Gasteiger partial charge on any atom is -0.173 e. The summed E-state index contributed by atoms with van der Waals surface area (Å²) >= 11 is 0. The first kappa shape index (κ1) is 26.4. The average Bonchev–Trinajstić information content (AvgIpc) is 2.18. The second-order valence-electron chi connectivity index (χ2n) is 1.34. The van der Waals surface area contributed by atoms with Crippen LogP contribution in [0.3, 0.4) is 0 Å². The monoisotopic (exact) mass is 345 g/mol. The molecule has 3 atom stereocenters. The van der Waals surface area contributed by atoms with Crippen molar-refractivity contribution in [2.24, 2.45) is 0 Å². The van der Waals surface area contributed by atoms with E-state index in [0.29, 0.717) is 0 Å². The van der Waals surface area contributed by atoms with Crippen LogP contribution in [-0.4, -0.2) is 32.0 Å². The highest BCUT2D eigenvalue weighted by Gasteiger charge is 2.07. The van der Waals surface area contributed by atoms with Crippen molar-refractivity contribution < 1.29 is 41.9 Å². The van der Waals surface area contributed by atoms with E-state index in [1.54, 1.807) is 0 Å². The lowest BCUT2D eigenvalue weighted by atomic mass is 11.3. The summed E-state index contributed by atoms with van der Waals surface area (Å²) < 4.78 is 39.1. The van der Waals surface area contributed by atoms with Gasteiger partial charge < -0.3 is 0 Å². The van der Waals surface area contributed by atoms with Crippen molar-refractivity contribution in [2.75, 3.05) is 0 Å². The Morgan fingerprint density at radius 1 is 0.684 bits per heavy atom. The predicted molar refractivity (Wildman–Crippen MR) is 69.2 cm³/mol. The molecule has 9 nitrogen and oxygen atoms in total. The van der Waals surface area contributed by atoms with Gasteiger partial charge in [-0.1, -0.05) is 19.3 Å². The Kier molecular flexibility index (Phi) is 30.6. The third kappa shape index (κ3) is 60.5. The van der Waals surface area contributed by atoms with Crippen LogP contribution in [0.1, 0.15) is 0 Å². The zero-order valence-corrected chi connectivity index (χ0v) is 11.0. The molecule has 0 bridgehead atoms. The maximum Gasteiger partial charge on any atom is 0.756 e. The van der Waals surface area contributed by atoms with Gasteiger partial charge in [0, 0.05) is 13.7 Å². The normalized spacial score (nSPS) is 8.53. The molecule has 19 heavy (non-hydrogen) atoms. The first-order valence-corrected chi connectivity index (χ1v) is 6.56. The third-order valence-corrected chi connectivity index (χ3v) is 1.18. The van der Waals surface area contributed by atoms with E-state index in [0.717, 1.165) is 0 Å². The van der Waals surface area contributed by atoms with Crippen molar-refractivity contribution in [3.8, 4) is 37.6 Å². The molecule has 0 fully saturated rings. The van der Waals surface area contributed by atoms with Crippen LogP contribution in [0.2, 0.25) is 0 Å². The molecule has 0 aromatic heterocycles. The molecule has 3 N–H and O–H groups in total. The van der Waals surface area contributed by atoms with Crippen molar-refractivity contribution in [3.63, 3.8) is 0 Å². The molecule has 0 heterocycles. The molecule has 3 unspecified atom stereocenters. The van der Waals surface area contributed by atoms with Gasteiger partial charge in [-0.3, -0.25) is 0 Å². The van der Waals surface area contributed by atoms with Gasteiger partial charge >= 0.3 is 24.8 Å². The highest BCUT2D eigenvalue weighted by molar-refractivity contribution is 7.32. The largest absolute Gasteiger partial charge is 0.756 e. The van der Waals surface area contributed by atoms with Gasteiger partial charge in [-0.2, -0.15) is 13.6 Å². The van der Waals surface area contributed by atoms with Crippen LogP contribution in [0.4, 0.5) is 0 Å². The summed E-state index contributed by atoms with van der Waals surface area (Å²) in [6.07, 6.45) is 17.8. The maximum absolute atomic E-state index is 9.38. The minimum atomic E-state index is -2.59. The summed E-state index contributed by atoms with van der Waals surface area (Å²) in [7, 11) is -7.76. The fourth-order valence-electron chi connectivity index (χ4n) is 0.135. The second kappa shape index (κ2) is 22.0. The Morgan fingerprint density at radius 2 is 0.842 bits per heavy atom. The summed E-state index contributed by atoms with van der Waals surface area (Å²) in [6, 6.07) is 0. The Labute approximate surface area is 122 Å². The first-order chi connectivity index (χ1) is 8.31. The predicted octanol–water partition coefficient (Wildman–Crippen LogP) is -0.454. The SMILES string of the molecule is C#CO[P+](=O)O.C#CO[P+](=O)O.C#CO[P+](=O)O.[AlH3]. The Morgan fingerprint density at radius 3 is 0.842 bits per heavy atom. The highest BCUT2D eigenvalue weighted by atomic mass is 31.1. The molecule has 13 heteroatoms. The summed E-state index contributed by atoms with van der Waals surface area (Å²) in [5.41, 5.74) is 0. The molecule has 0 radical (unpaired) electrons. The number of rotatable bonds is 3.